The van der Waals surface area contributed by atoms with Gasteiger partial charge in [-0.3, -0.25) is 0 Å². The van der Waals surface area contributed by atoms with Crippen LogP contribution in [0.2, 0.25) is 0 Å². The molecule has 4 nitrogen and oxygen atoms in total. The number of amides is 2. The number of nitrogens with one attached hydrogen (secondary N) is 1. The molecule has 0 spiro atoms. The maximum atomic E-state index is 12.0. The maximum absolute atomic E-state index is 12.0. The van der Waals surface area contributed by atoms with E-state index in [1.165, 1.54) is 12.8 Å². The molecule has 0 bridgehead atoms. The van der Waals surface area contributed by atoms with E-state index in [0.717, 1.165) is 37.2 Å². The number of benzene rings is 1. The van der Waals surface area contributed by atoms with Crippen molar-refractivity contribution in [1.29, 1.82) is 0 Å². The van der Waals surface area contributed by atoms with Crippen LogP contribution in [0.5, 0.6) is 5.75 Å². The lowest BCUT2D eigenvalue weighted by molar-refractivity contribution is 0.200. The van der Waals surface area contributed by atoms with Gasteiger partial charge in [0.2, 0.25) is 0 Å². The van der Waals surface area contributed by atoms with Gasteiger partial charge in [0.15, 0.2) is 0 Å². The number of nitrogens with zero attached hydrogens (tertiary/aromatic N) is 1. The molecule has 2 amide bonds. The van der Waals surface area contributed by atoms with Crippen LogP contribution in [0.15, 0.2) is 24.3 Å². The first kappa shape index (κ1) is 15.7. The summed E-state index contributed by atoms with van der Waals surface area (Å²) in [6.45, 7) is 5.93. The van der Waals surface area contributed by atoms with Crippen molar-refractivity contribution < 1.29 is 9.53 Å². The number of carbonyl (C=O) groups is 1. The van der Waals surface area contributed by atoms with Crippen molar-refractivity contribution in [2.24, 2.45) is 0 Å². The lowest BCUT2D eigenvalue weighted by atomic mass is 10.2. The molecule has 1 saturated carbocycles. The molecule has 0 radical (unpaired) electrons. The van der Waals surface area contributed by atoms with Crippen LogP contribution in [0.25, 0.3) is 0 Å². The summed E-state index contributed by atoms with van der Waals surface area (Å²) in [4.78, 5) is 13.8. The van der Waals surface area contributed by atoms with Crippen LogP contribution < -0.4 is 10.1 Å². The van der Waals surface area contributed by atoms with E-state index in [-0.39, 0.29) is 6.03 Å². The summed E-state index contributed by atoms with van der Waals surface area (Å²) in [5.74, 6) is 0.907. The van der Waals surface area contributed by atoms with Crippen LogP contribution in [0.4, 0.5) is 4.79 Å². The highest BCUT2D eigenvalue weighted by Crippen LogP contribution is 2.26. The van der Waals surface area contributed by atoms with Gasteiger partial charge in [0.25, 0.3) is 0 Å². The van der Waals surface area contributed by atoms with Gasteiger partial charge >= 0.3 is 6.03 Å². The minimum Gasteiger partial charge on any atom is -0.490 e. The van der Waals surface area contributed by atoms with Crippen LogP contribution in [-0.4, -0.2) is 30.1 Å². The van der Waals surface area contributed by atoms with Crippen molar-refractivity contribution >= 4 is 6.03 Å². The van der Waals surface area contributed by atoms with Gasteiger partial charge in [0.05, 0.1) is 6.10 Å². The molecule has 4 heteroatoms. The first-order valence-electron chi connectivity index (χ1n) is 8.02. The van der Waals surface area contributed by atoms with E-state index < -0.39 is 0 Å². The second kappa shape index (κ2) is 7.91. The van der Waals surface area contributed by atoms with Crippen LogP contribution in [-0.2, 0) is 6.54 Å². The van der Waals surface area contributed by atoms with E-state index in [9.17, 15) is 4.79 Å². The number of rotatable bonds is 6. The van der Waals surface area contributed by atoms with E-state index in [1.54, 1.807) is 4.90 Å². The largest absolute Gasteiger partial charge is 0.490 e. The van der Waals surface area contributed by atoms with E-state index in [2.05, 4.69) is 5.32 Å². The summed E-state index contributed by atoms with van der Waals surface area (Å²) in [7, 11) is 0. The van der Waals surface area contributed by atoms with Crippen molar-refractivity contribution in [3.8, 4) is 5.75 Å². The molecule has 0 heterocycles. The molecule has 0 saturated heterocycles. The quantitative estimate of drug-likeness (QED) is 0.870. The zero-order chi connectivity index (χ0) is 15.1. The second-order valence-electron chi connectivity index (χ2n) is 5.46. The maximum Gasteiger partial charge on any atom is 0.317 e. The molecular formula is C17H26N2O2. The van der Waals surface area contributed by atoms with Gasteiger partial charge in [0.1, 0.15) is 5.75 Å². The van der Waals surface area contributed by atoms with E-state index in [1.807, 2.05) is 38.1 Å². The molecule has 0 atom stereocenters. The molecule has 1 aliphatic rings. The molecule has 1 aromatic carbocycles. The highest BCUT2D eigenvalue weighted by atomic mass is 16.5. The molecule has 1 N–H and O–H groups in total. The summed E-state index contributed by atoms with van der Waals surface area (Å²) in [6.07, 6.45) is 5.13. The highest BCUT2D eigenvalue weighted by Gasteiger charge is 2.18. The van der Waals surface area contributed by atoms with Crippen molar-refractivity contribution in [2.45, 2.75) is 52.2 Å². The predicted octanol–water partition coefficient (Wildman–Crippen LogP) is 3.56. The van der Waals surface area contributed by atoms with Gasteiger partial charge in [-0.25, -0.2) is 4.79 Å². The molecule has 1 fully saturated rings. The Morgan fingerprint density at radius 3 is 2.57 bits per heavy atom. The molecule has 0 unspecified atom stereocenters. The van der Waals surface area contributed by atoms with Gasteiger partial charge < -0.3 is 15.0 Å². The first-order chi connectivity index (χ1) is 10.2. The minimum atomic E-state index is -0.0179. The predicted molar refractivity (Wildman–Crippen MR) is 84.5 cm³/mol. The molecule has 21 heavy (non-hydrogen) atoms. The fourth-order valence-electron chi connectivity index (χ4n) is 2.74. The smallest absolute Gasteiger partial charge is 0.317 e. The number of ether oxygens (including phenoxy) is 1. The third-order valence-electron chi connectivity index (χ3n) is 4.05. The van der Waals surface area contributed by atoms with Crippen LogP contribution in [0.3, 0.4) is 0 Å². The van der Waals surface area contributed by atoms with Crippen LogP contribution >= 0.6 is 0 Å². The summed E-state index contributed by atoms with van der Waals surface area (Å²) >= 11 is 0. The number of hydrogen-bond acceptors (Lipinski definition) is 2. The fourth-order valence-corrected chi connectivity index (χ4v) is 2.74. The summed E-state index contributed by atoms with van der Waals surface area (Å²) in [6, 6.07) is 7.97. The standard InChI is InChI=1S/C17H26N2O2/c1-3-19(4-2)17(20)18-13-14-9-5-8-12-16(14)21-15-10-6-7-11-15/h5,8-9,12,15H,3-4,6-7,10-11,13H2,1-2H3,(H,18,20). The van der Waals surface area contributed by atoms with Crippen molar-refractivity contribution in [2.75, 3.05) is 13.1 Å². The normalized spacial score (nSPS) is 15.0. The molecule has 116 valence electrons. The van der Waals surface area contributed by atoms with Gasteiger partial charge in [-0.1, -0.05) is 18.2 Å². The average Bonchev–Trinajstić information content (AvgIpc) is 3.00. The molecule has 1 aromatic rings. The monoisotopic (exact) mass is 290 g/mol. The Bertz CT molecular complexity index is 452. The van der Waals surface area contributed by atoms with Crippen LogP contribution in [0, 0.1) is 0 Å². The Balaban J connectivity index is 1.94. The second-order valence-corrected chi connectivity index (χ2v) is 5.46. The Hall–Kier alpha value is -1.71. The Kier molecular flexibility index (Phi) is 5.90. The zero-order valence-electron chi connectivity index (χ0n) is 13.1. The van der Waals surface area contributed by atoms with Gasteiger partial charge in [-0.05, 0) is 45.6 Å². The highest BCUT2D eigenvalue weighted by molar-refractivity contribution is 5.74. The Morgan fingerprint density at radius 1 is 1.24 bits per heavy atom. The van der Waals surface area contributed by atoms with Gasteiger partial charge in [-0.15, -0.1) is 0 Å². The zero-order valence-corrected chi connectivity index (χ0v) is 13.1. The fraction of sp³-hybridized carbons (Fsp3) is 0.588. The van der Waals surface area contributed by atoms with Crippen molar-refractivity contribution in [3.05, 3.63) is 29.8 Å². The number of para-hydroxylation sites is 1. The molecule has 1 aliphatic carbocycles. The van der Waals surface area contributed by atoms with E-state index in [4.69, 9.17) is 4.74 Å². The molecule has 0 aliphatic heterocycles. The molecule has 0 aromatic heterocycles. The van der Waals surface area contributed by atoms with Gasteiger partial charge in [0, 0.05) is 25.2 Å². The first-order valence-corrected chi connectivity index (χ1v) is 8.02. The lowest BCUT2D eigenvalue weighted by Crippen LogP contribution is -2.39. The molecular weight excluding hydrogens is 264 g/mol. The average molecular weight is 290 g/mol. The summed E-state index contributed by atoms with van der Waals surface area (Å²) in [5.41, 5.74) is 1.05. The number of urea groups is 1. The van der Waals surface area contributed by atoms with E-state index >= 15 is 0 Å². The Morgan fingerprint density at radius 2 is 1.90 bits per heavy atom. The Labute approximate surface area is 127 Å². The minimum absolute atomic E-state index is 0.0179. The SMILES string of the molecule is CCN(CC)C(=O)NCc1ccccc1OC1CCCC1. The third-order valence-corrected chi connectivity index (χ3v) is 4.05. The number of hydrogen-bond donors (Lipinski definition) is 1. The van der Waals surface area contributed by atoms with Crippen LogP contribution in [0.1, 0.15) is 45.1 Å². The number of carbonyl (C=O) groups excluding carboxylic acids is 1. The third kappa shape index (κ3) is 4.38. The van der Waals surface area contributed by atoms with Crippen molar-refractivity contribution in [1.82, 2.24) is 10.2 Å². The summed E-state index contributed by atoms with van der Waals surface area (Å²) in [5, 5.41) is 2.97. The summed E-state index contributed by atoms with van der Waals surface area (Å²) < 4.78 is 6.09. The topological polar surface area (TPSA) is 41.6 Å². The van der Waals surface area contributed by atoms with Gasteiger partial charge in [-0.2, -0.15) is 0 Å². The molecule has 2 rings (SSSR count). The lowest BCUT2D eigenvalue weighted by Gasteiger charge is -2.20. The van der Waals surface area contributed by atoms with E-state index in [0.29, 0.717) is 12.6 Å². The van der Waals surface area contributed by atoms with Crippen molar-refractivity contribution in [3.63, 3.8) is 0 Å².